The fourth-order valence-corrected chi connectivity index (χ4v) is 4.36. The molecule has 0 radical (unpaired) electrons. The fraction of sp³-hybridized carbons (Fsp3) is 0.474. The molecule has 132 valence electrons. The van der Waals surface area contributed by atoms with E-state index in [-0.39, 0.29) is 11.6 Å². The normalized spacial score (nSPS) is 19.3. The molecular weight excluding hydrogens is 334 g/mol. The van der Waals surface area contributed by atoms with Crippen LogP contribution in [0.3, 0.4) is 0 Å². The SMILES string of the molecule is CCc1ccc(C2CCCCCN2Cc2cc(=O)n3ccsc3n2)o1. The van der Waals surface area contributed by atoms with Gasteiger partial charge in [-0.25, -0.2) is 4.98 Å². The Morgan fingerprint density at radius 2 is 2.24 bits per heavy atom. The summed E-state index contributed by atoms with van der Waals surface area (Å²) < 4.78 is 7.66. The van der Waals surface area contributed by atoms with Crippen LogP contribution in [0.5, 0.6) is 0 Å². The molecule has 5 nitrogen and oxygen atoms in total. The van der Waals surface area contributed by atoms with Crippen LogP contribution in [-0.4, -0.2) is 20.8 Å². The predicted molar refractivity (Wildman–Crippen MR) is 99.0 cm³/mol. The molecule has 0 amide bonds. The van der Waals surface area contributed by atoms with Gasteiger partial charge in [0.15, 0.2) is 4.96 Å². The standard InChI is InChI=1S/C19H23N3O2S/c1-2-15-7-8-17(24-15)16-6-4-3-5-9-21(16)13-14-12-18(23)22-10-11-25-19(22)20-14/h7-8,10-12,16H,2-6,9,13H2,1H3. The fourth-order valence-electron chi connectivity index (χ4n) is 3.62. The number of aromatic nitrogens is 2. The van der Waals surface area contributed by atoms with Crippen molar-refractivity contribution in [2.24, 2.45) is 0 Å². The van der Waals surface area contributed by atoms with Gasteiger partial charge in [0.25, 0.3) is 5.56 Å². The Bertz CT molecular complexity index is 911. The Balaban J connectivity index is 1.63. The number of rotatable bonds is 4. The Labute approximate surface area is 150 Å². The molecule has 3 aromatic rings. The van der Waals surface area contributed by atoms with Crippen LogP contribution in [0.15, 0.2) is 39.0 Å². The van der Waals surface area contributed by atoms with Crippen molar-refractivity contribution < 1.29 is 4.42 Å². The van der Waals surface area contributed by atoms with Gasteiger partial charge in [-0.2, -0.15) is 0 Å². The van der Waals surface area contributed by atoms with E-state index >= 15 is 0 Å². The average molecular weight is 357 g/mol. The van der Waals surface area contributed by atoms with Crippen LogP contribution in [-0.2, 0) is 13.0 Å². The van der Waals surface area contributed by atoms with Gasteiger partial charge in [-0.15, -0.1) is 11.3 Å². The van der Waals surface area contributed by atoms with E-state index in [2.05, 4.69) is 28.9 Å². The molecule has 6 heteroatoms. The smallest absolute Gasteiger partial charge is 0.258 e. The van der Waals surface area contributed by atoms with E-state index in [1.165, 1.54) is 30.6 Å². The minimum Gasteiger partial charge on any atom is -0.464 e. The first-order valence-corrected chi connectivity index (χ1v) is 9.91. The number of likely N-dealkylation sites (tertiary alicyclic amines) is 1. The van der Waals surface area contributed by atoms with E-state index < -0.39 is 0 Å². The van der Waals surface area contributed by atoms with E-state index in [0.717, 1.165) is 41.6 Å². The number of nitrogens with zero attached hydrogens (tertiary/aromatic N) is 3. The number of fused-ring (bicyclic) bond motifs is 1. The number of furan rings is 1. The van der Waals surface area contributed by atoms with E-state index in [9.17, 15) is 4.79 Å². The summed E-state index contributed by atoms with van der Waals surface area (Å²) >= 11 is 1.50. The third-order valence-corrected chi connectivity index (χ3v) is 5.70. The molecule has 0 bridgehead atoms. The largest absolute Gasteiger partial charge is 0.464 e. The first kappa shape index (κ1) is 16.5. The Hall–Kier alpha value is -1.92. The van der Waals surface area contributed by atoms with Crippen LogP contribution in [0, 0.1) is 0 Å². The molecule has 25 heavy (non-hydrogen) atoms. The minimum atomic E-state index is -0.00103. The van der Waals surface area contributed by atoms with Crippen molar-refractivity contribution in [2.75, 3.05) is 6.54 Å². The monoisotopic (exact) mass is 357 g/mol. The summed E-state index contributed by atoms with van der Waals surface area (Å²) in [5, 5.41) is 1.90. The Morgan fingerprint density at radius 1 is 1.32 bits per heavy atom. The average Bonchev–Trinajstić information content (AvgIpc) is 3.21. The molecule has 0 saturated carbocycles. The zero-order chi connectivity index (χ0) is 17.2. The van der Waals surface area contributed by atoms with Gasteiger partial charge in [-0.1, -0.05) is 19.8 Å². The predicted octanol–water partition coefficient (Wildman–Crippen LogP) is 4.03. The molecule has 1 atom stereocenters. The summed E-state index contributed by atoms with van der Waals surface area (Å²) in [5.74, 6) is 2.09. The topological polar surface area (TPSA) is 50.8 Å². The maximum absolute atomic E-state index is 12.3. The highest BCUT2D eigenvalue weighted by atomic mass is 32.1. The number of thiazole rings is 1. The summed E-state index contributed by atoms with van der Waals surface area (Å²) in [5.41, 5.74) is 0.848. The van der Waals surface area contributed by atoms with Crippen LogP contribution < -0.4 is 5.56 Å². The van der Waals surface area contributed by atoms with Crippen molar-refractivity contribution in [1.82, 2.24) is 14.3 Å². The van der Waals surface area contributed by atoms with Gasteiger partial charge in [0.2, 0.25) is 0 Å². The van der Waals surface area contributed by atoms with Gasteiger partial charge in [-0.3, -0.25) is 14.1 Å². The molecule has 4 heterocycles. The zero-order valence-electron chi connectivity index (χ0n) is 14.5. The summed E-state index contributed by atoms with van der Waals surface area (Å²) in [6, 6.07) is 6.14. The van der Waals surface area contributed by atoms with Crippen molar-refractivity contribution in [2.45, 2.75) is 51.6 Å². The van der Waals surface area contributed by atoms with Crippen molar-refractivity contribution in [3.8, 4) is 0 Å². The van der Waals surface area contributed by atoms with Gasteiger partial charge < -0.3 is 4.42 Å². The second-order valence-corrected chi connectivity index (χ2v) is 7.51. The third-order valence-electron chi connectivity index (χ3n) is 4.94. The molecule has 1 unspecified atom stereocenters. The lowest BCUT2D eigenvalue weighted by molar-refractivity contribution is 0.166. The van der Waals surface area contributed by atoms with E-state index in [0.29, 0.717) is 6.54 Å². The molecule has 0 aromatic carbocycles. The van der Waals surface area contributed by atoms with Crippen molar-refractivity contribution in [3.05, 3.63) is 57.3 Å². The molecule has 1 aliphatic rings. The van der Waals surface area contributed by atoms with Gasteiger partial charge in [0, 0.05) is 30.6 Å². The van der Waals surface area contributed by atoms with E-state index in [1.54, 1.807) is 16.7 Å². The first-order valence-electron chi connectivity index (χ1n) is 9.03. The lowest BCUT2D eigenvalue weighted by Crippen LogP contribution is -2.29. The maximum Gasteiger partial charge on any atom is 0.258 e. The molecule has 3 aromatic heterocycles. The number of hydrogen-bond donors (Lipinski definition) is 0. The maximum atomic E-state index is 12.3. The van der Waals surface area contributed by atoms with Crippen LogP contribution in [0.2, 0.25) is 0 Å². The molecule has 0 aliphatic carbocycles. The third kappa shape index (κ3) is 3.41. The van der Waals surface area contributed by atoms with Crippen LogP contribution in [0.25, 0.3) is 4.96 Å². The second kappa shape index (κ2) is 7.14. The van der Waals surface area contributed by atoms with Crippen LogP contribution in [0.4, 0.5) is 0 Å². The van der Waals surface area contributed by atoms with Gasteiger partial charge in [0.05, 0.1) is 11.7 Å². The highest BCUT2D eigenvalue weighted by molar-refractivity contribution is 7.15. The lowest BCUT2D eigenvalue weighted by Gasteiger charge is -2.28. The minimum absolute atomic E-state index is 0.00103. The van der Waals surface area contributed by atoms with Gasteiger partial charge in [0.1, 0.15) is 11.5 Å². The zero-order valence-corrected chi connectivity index (χ0v) is 15.3. The molecule has 1 aliphatic heterocycles. The van der Waals surface area contributed by atoms with Crippen molar-refractivity contribution in [1.29, 1.82) is 0 Å². The number of hydrogen-bond acceptors (Lipinski definition) is 5. The van der Waals surface area contributed by atoms with Gasteiger partial charge in [-0.05, 0) is 31.5 Å². The molecule has 1 fully saturated rings. The Morgan fingerprint density at radius 3 is 3.08 bits per heavy atom. The number of aryl methyl sites for hydroxylation is 1. The van der Waals surface area contributed by atoms with E-state index in [1.807, 2.05) is 5.38 Å². The summed E-state index contributed by atoms with van der Waals surface area (Å²) in [6.07, 6.45) is 7.43. The first-order chi connectivity index (χ1) is 12.2. The summed E-state index contributed by atoms with van der Waals surface area (Å²) in [6.45, 7) is 3.82. The summed E-state index contributed by atoms with van der Waals surface area (Å²) in [4.78, 5) is 20.1. The highest BCUT2D eigenvalue weighted by Crippen LogP contribution is 2.32. The van der Waals surface area contributed by atoms with Crippen molar-refractivity contribution in [3.63, 3.8) is 0 Å². The van der Waals surface area contributed by atoms with Gasteiger partial charge >= 0.3 is 0 Å². The van der Waals surface area contributed by atoms with Crippen LogP contribution in [0.1, 0.15) is 55.9 Å². The Kier molecular flexibility index (Phi) is 4.72. The molecule has 4 rings (SSSR count). The van der Waals surface area contributed by atoms with Crippen LogP contribution >= 0.6 is 11.3 Å². The molecule has 1 saturated heterocycles. The lowest BCUT2D eigenvalue weighted by atomic mass is 10.1. The summed E-state index contributed by atoms with van der Waals surface area (Å²) in [7, 11) is 0. The molecule has 0 N–H and O–H groups in total. The molecular formula is C19H23N3O2S. The second-order valence-electron chi connectivity index (χ2n) is 6.63. The quantitative estimate of drug-likeness (QED) is 0.707. The molecule has 0 spiro atoms. The van der Waals surface area contributed by atoms with E-state index in [4.69, 9.17) is 4.42 Å². The highest BCUT2D eigenvalue weighted by Gasteiger charge is 2.26. The van der Waals surface area contributed by atoms with Crippen molar-refractivity contribution >= 4 is 16.3 Å².